The minimum Gasteiger partial charge on any atom is -0.461 e. The van der Waals surface area contributed by atoms with Crippen LogP contribution in [0.15, 0.2) is 30.3 Å². The van der Waals surface area contributed by atoms with Crippen LogP contribution in [0, 0.1) is 5.92 Å². The smallest absolute Gasteiger partial charge is 0.306 e. The molecule has 0 radical (unpaired) electrons. The summed E-state index contributed by atoms with van der Waals surface area (Å²) in [6.07, 6.45) is 5.85. The number of unbranched alkanes of at least 4 members (excludes halogenated alkanes) is 4. The van der Waals surface area contributed by atoms with Crippen molar-refractivity contribution in [1.29, 1.82) is 0 Å². The van der Waals surface area contributed by atoms with Crippen molar-refractivity contribution < 1.29 is 33.4 Å². The average molecular weight is 575 g/mol. The van der Waals surface area contributed by atoms with E-state index in [1.165, 1.54) is 19.8 Å². The third-order valence-corrected chi connectivity index (χ3v) is 7.00. The third kappa shape index (κ3) is 13.6. The fraction of sp³-hybridized carbons (Fsp3) is 0.633. The average Bonchev–Trinajstić information content (AvgIpc) is 3.69. The van der Waals surface area contributed by atoms with Crippen molar-refractivity contribution in [3.63, 3.8) is 0 Å². The van der Waals surface area contributed by atoms with E-state index in [-0.39, 0.29) is 37.3 Å². The van der Waals surface area contributed by atoms with Gasteiger partial charge in [0.25, 0.3) is 0 Å². The minimum absolute atomic E-state index is 0.0349. The van der Waals surface area contributed by atoms with Crippen molar-refractivity contribution in [2.75, 3.05) is 6.61 Å². The lowest BCUT2D eigenvalue weighted by Gasteiger charge is -2.21. The molecule has 11 nitrogen and oxygen atoms in total. The molecule has 1 aliphatic rings. The van der Waals surface area contributed by atoms with E-state index in [0.29, 0.717) is 13.0 Å². The second kappa shape index (κ2) is 18.1. The molecular formula is C30H46N4O7. The number of nitrogens with two attached hydrogens (primary N) is 1. The first kappa shape index (κ1) is 33.7. The number of carbonyl (C=O) groups is 5. The lowest BCUT2D eigenvalue weighted by Crippen LogP contribution is -2.53. The Morgan fingerprint density at radius 2 is 1.66 bits per heavy atom. The summed E-state index contributed by atoms with van der Waals surface area (Å²) in [6.45, 7) is 5.64. The molecule has 0 spiro atoms. The van der Waals surface area contributed by atoms with Gasteiger partial charge in [-0.3, -0.25) is 24.0 Å². The first-order valence-electron chi connectivity index (χ1n) is 14.6. The number of benzene rings is 1. The van der Waals surface area contributed by atoms with Gasteiger partial charge in [-0.05, 0) is 38.7 Å². The van der Waals surface area contributed by atoms with Crippen LogP contribution in [0.1, 0.15) is 84.1 Å². The van der Waals surface area contributed by atoms with E-state index in [0.717, 1.165) is 31.2 Å². The van der Waals surface area contributed by atoms with Gasteiger partial charge in [0.1, 0.15) is 24.8 Å². The van der Waals surface area contributed by atoms with Crippen molar-refractivity contribution in [1.82, 2.24) is 16.0 Å². The molecule has 1 aliphatic carbocycles. The number of ether oxygens (including phenoxy) is 2. The quantitative estimate of drug-likeness (QED) is 0.137. The van der Waals surface area contributed by atoms with E-state index in [2.05, 4.69) is 22.9 Å². The summed E-state index contributed by atoms with van der Waals surface area (Å²) >= 11 is 0. The Balaban J connectivity index is 1.64. The van der Waals surface area contributed by atoms with Gasteiger partial charge >= 0.3 is 5.97 Å². The van der Waals surface area contributed by atoms with E-state index in [1.54, 1.807) is 6.92 Å². The van der Waals surface area contributed by atoms with Crippen LogP contribution in [0.5, 0.6) is 0 Å². The monoisotopic (exact) mass is 574 g/mol. The number of primary amides is 1. The first-order chi connectivity index (χ1) is 19.6. The number of amides is 4. The molecule has 5 N–H and O–H groups in total. The van der Waals surface area contributed by atoms with E-state index >= 15 is 0 Å². The lowest BCUT2D eigenvalue weighted by molar-refractivity contribution is -0.145. The molecule has 11 heteroatoms. The van der Waals surface area contributed by atoms with Gasteiger partial charge in [0.2, 0.25) is 23.6 Å². The van der Waals surface area contributed by atoms with E-state index in [1.807, 2.05) is 30.3 Å². The maximum Gasteiger partial charge on any atom is 0.306 e. The van der Waals surface area contributed by atoms with Gasteiger partial charge in [-0.15, -0.1) is 0 Å². The highest BCUT2D eigenvalue weighted by atomic mass is 16.5. The van der Waals surface area contributed by atoms with Crippen molar-refractivity contribution in [2.24, 2.45) is 11.7 Å². The van der Waals surface area contributed by atoms with Crippen LogP contribution in [0.25, 0.3) is 0 Å². The van der Waals surface area contributed by atoms with E-state index in [9.17, 15) is 24.0 Å². The normalized spacial score (nSPS) is 17.9. The molecule has 0 bridgehead atoms. The van der Waals surface area contributed by atoms with Gasteiger partial charge in [-0.25, -0.2) is 0 Å². The maximum absolute atomic E-state index is 12.6. The second-order valence-corrected chi connectivity index (χ2v) is 10.7. The Hall–Kier alpha value is -3.47. The fourth-order valence-corrected chi connectivity index (χ4v) is 4.17. The summed E-state index contributed by atoms with van der Waals surface area (Å²) < 4.78 is 10.9. The Morgan fingerprint density at radius 3 is 2.34 bits per heavy atom. The third-order valence-electron chi connectivity index (χ3n) is 7.00. The van der Waals surface area contributed by atoms with Crippen LogP contribution in [-0.2, 0) is 40.1 Å². The highest BCUT2D eigenvalue weighted by Gasteiger charge is 2.39. The van der Waals surface area contributed by atoms with Gasteiger partial charge in [0, 0.05) is 24.8 Å². The maximum atomic E-state index is 12.6. The van der Waals surface area contributed by atoms with Crippen LogP contribution in [0.3, 0.4) is 0 Å². The Bertz CT molecular complexity index is 1000. The molecule has 0 heterocycles. The van der Waals surface area contributed by atoms with Crippen LogP contribution >= 0.6 is 0 Å². The Labute approximate surface area is 242 Å². The van der Waals surface area contributed by atoms with Gasteiger partial charge in [0.05, 0.1) is 6.61 Å². The number of hydrogen-bond donors (Lipinski definition) is 4. The molecule has 1 aromatic carbocycles. The molecule has 4 amide bonds. The molecule has 41 heavy (non-hydrogen) atoms. The number of hydrogen-bond acceptors (Lipinski definition) is 7. The van der Waals surface area contributed by atoms with Crippen LogP contribution < -0.4 is 21.7 Å². The largest absolute Gasteiger partial charge is 0.461 e. The summed E-state index contributed by atoms with van der Waals surface area (Å²) in [6, 6.07) is 7.16. The zero-order valence-electron chi connectivity index (χ0n) is 24.5. The topological polar surface area (TPSA) is 166 Å². The number of carbonyl (C=O) groups excluding carboxylic acids is 5. The Morgan fingerprint density at radius 1 is 0.951 bits per heavy atom. The van der Waals surface area contributed by atoms with Crippen LogP contribution in [-0.4, -0.2) is 60.4 Å². The lowest BCUT2D eigenvalue weighted by atomic mass is 10.1. The standard InChI is InChI=1S/C30H46N4O7/c1-4-5-6-7-11-14-26(35)33-25-17-23(25)19-40-21(3)30(39)32-20(2)29(38)34-24(28(31)37)15-16-27(36)41-18-22-12-9-8-10-13-22/h8-10,12-13,20-21,23-25H,4-7,11,14-19H2,1-3H3,(H2,31,37)(H,32,39)(H,33,35)(H,34,38)/t20-,21+,23+,24+,25-/m0/s1. The Kier molecular flexibility index (Phi) is 14.9. The zero-order valence-corrected chi connectivity index (χ0v) is 24.5. The van der Waals surface area contributed by atoms with Crippen molar-refractivity contribution in [3.8, 4) is 0 Å². The highest BCUT2D eigenvalue weighted by Crippen LogP contribution is 2.31. The van der Waals surface area contributed by atoms with Gasteiger partial charge in [-0.1, -0.05) is 62.9 Å². The van der Waals surface area contributed by atoms with E-state index in [4.69, 9.17) is 15.2 Å². The molecule has 228 valence electrons. The number of esters is 1. The molecular weight excluding hydrogens is 528 g/mol. The summed E-state index contributed by atoms with van der Waals surface area (Å²) in [5, 5.41) is 8.06. The van der Waals surface area contributed by atoms with Crippen LogP contribution in [0.4, 0.5) is 0 Å². The molecule has 0 aliphatic heterocycles. The SMILES string of the molecule is CCCCCCCC(=O)N[C@H]1C[C@@H]1CO[C@H](C)C(=O)N[C@@H](C)C(=O)N[C@H](CCC(=O)OCc1ccccc1)C(N)=O. The fourth-order valence-electron chi connectivity index (χ4n) is 4.17. The molecule has 1 fully saturated rings. The predicted molar refractivity (Wildman–Crippen MR) is 153 cm³/mol. The second-order valence-electron chi connectivity index (χ2n) is 10.7. The van der Waals surface area contributed by atoms with Crippen molar-refractivity contribution >= 4 is 29.6 Å². The highest BCUT2D eigenvalue weighted by molar-refractivity contribution is 5.92. The zero-order chi connectivity index (χ0) is 30.2. The first-order valence-corrected chi connectivity index (χ1v) is 14.6. The molecule has 1 saturated carbocycles. The van der Waals surface area contributed by atoms with E-state index < -0.39 is 41.9 Å². The van der Waals surface area contributed by atoms with Crippen molar-refractivity contribution in [2.45, 2.75) is 109 Å². The van der Waals surface area contributed by atoms with Crippen LogP contribution in [0.2, 0.25) is 0 Å². The summed E-state index contributed by atoms with van der Waals surface area (Å²) in [5.74, 6) is -2.22. The van der Waals surface area contributed by atoms with Gasteiger partial charge in [-0.2, -0.15) is 0 Å². The predicted octanol–water partition coefficient (Wildman–Crippen LogP) is 2.26. The summed E-state index contributed by atoms with van der Waals surface area (Å²) in [5.41, 5.74) is 6.23. The molecule has 0 saturated heterocycles. The molecule has 0 unspecified atom stereocenters. The summed E-state index contributed by atoms with van der Waals surface area (Å²) in [7, 11) is 0. The number of nitrogens with one attached hydrogen (secondary N) is 3. The molecule has 1 aromatic rings. The molecule has 2 rings (SSSR count). The summed E-state index contributed by atoms with van der Waals surface area (Å²) in [4.78, 5) is 61.1. The number of rotatable bonds is 20. The van der Waals surface area contributed by atoms with Gasteiger partial charge < -0.3 is 31.2 Å². The van der Waals surface area contributed by atoms with Crippen molar-refractivity contribution in [3.05, 3.63) is 35.9 Å². The minimum atomic E-state index is -1.10. The van der Waals surface area contributed by atoms with Gasteiger partial charge in [0.15, 0.2) is 0 Å². The molecule has 5 atom stereocenters. The molecule has 0 aromatic heterocycles.